The number of aryl methyl sites for hydroxylation is 1. The highest BCUT2D eigenvalue weighted by atomic mass is 32.1. The number of nitrogens with zero attached hydrogens (tertiary/aromatic N) is 3. The highest BCUT2D eigenvalue weighted by molar-refractivity contribution is 7.13. The SMILES string of the molecule is Cn1cc(CN2CCc3c(nc(-c4cccs4)[nH]c3=O)C2)c2ccccc21. The van der Waals surface area contributed by atoms with Crippen LogP contribution in [0.5, 0.6) is 0 Å². The Morgan fingerprint density at radius 3 is 2.96 bits per heavy atom. The summed E-state index contributed by atoms with van der Waals surface area (Å²) in [5.41, 5.74) is 4.32. The first-order chi connectivity index (χ1) is 13.2. The van der Waals surface area contributed by atoms with Crippen molar-refractivity contribution in [2.75, 3.05) is 6.54 Å². The standard InChI is InChI=1S/C21H20N4OS/c1-24-11-14(15-5-2-3-6-18(15)24)12-25-9-8-16-17(13-25)22-20(23-21(16)26)19-7-4-10-27-19/h2-7,10-11H,8-9,12-13H2,1H3,(H,22,23,26). The Labute approximate surface area is 160 Å². The van der Waals surface area contributed by atoms with Crippen molar-refractivity contribution in [3.63, 3.8) is 0 Å². The Hall–Kier alpha value is -2.70. The Kier molecular flexibility index (Phi) is 3.95. The monoisotopic (exact) mass is 376 g/mol. The minimum absolute atomic E-state index is 0.00760. The van der Waals surface area contributed by atoms with Crippen LogP contribution in [-0.4, -0.2) is 26.0 Å². The molecule has 0 amide bonds. The third kappa shape index (κ3) is 2.91. The molecular formula is C21H20N4OS. The Morgan fingerprint density at radius 1 is 1.22 bits per heavy atom. The highest BCUT2D eigenvalue weighted by Gasteiger charge is 2.22. The molecule has 0 aliphatic carbocycles. The van der Waals surface area contributed by atoms with Crippen molar-refractivity contribution >= 4 is 22.2 Å². The van der Waals surface area contributed by atoms with E-state index in [-0.39, 0.29) is 5.56 Å². The van der Waals surface area contributed by atoms with Crippen LogP contribution in [0.25, 0.3) is 21.6 Å². The van der Waals surface area contributed by atoms with Crippen LogP contribution in [0, 0.1) is 0 Å². The van der Waals surface area contributed by atoms with E-state index in [1.165, 1.54) is 16.5 Å². The van der Waals surface area contributed by atoms with Gasteiger partial charge in [0, 0.05) is 49.3 Å². The lowest BCUT2D eigenvalue weighted by Crippen LogP contribution is -2.35. The fraction of sp³-hybridized carbons (Fsp3) is 0.238. The van der Waals surface area contributed by atoms with E-state index in [9.17, 15) is 4.79 Å². The molecule has 6 heteroatoms. The molecule has 0 bridgehead atoms. The molecule has 0 radical (unpaired) electrons. The van der Waals surface area contributed by atoms with Crippen LogP contribution in [0.2, 0.25) is 0 Å². The van der Waals surface area contributed by atoms with Gasteiger partial charge < -0.3 is 9.55 Å². The first kappa shape index (κ1) is 16.5. The number of hydrogen-bond acceptors (Lipinski definition) is 4. The molecule has 5 nitrogen and oxygen atoms in total. The number of para-hydroxylation sites is 1. The summed E-state index contributed by atoms with van der Waals surface area (Å²) < 4.78 is 2.18. The molecule has 5 rings (SSSR count). The number of aromatic amines is 1. The van der Waals surface area contributed by atoms with Crippen molar-refractivity contribution in [2.24, 2.45) is 7.05 Å². The lowest BCUT2D eigenvalue weighted by molar-refractivity contribution is 0.241. The van der Waals surface area contributed by atoms with Crippen LogP contribution in [0.15, 0.2) is 52.8 Å². The molecule has 0 atom stereocenters. The summed E-state index contributed by atoms with van der Waals surface area (Å²) in [6.07, 6.45) is 2.95. The zero-order valence-corrected chi connectivity index (χ0v) is 15.9. The van der Waals surface area contributed by atoms with Crippen molar-refractivity contribution in [1.29, 1.82) is 0 Å². The number of benzene rings is 1. The van der Waals surface area contributed by atoms with Gasteiger partial charge >= 0.3 is 0 Å². The molecule has 1 aliphatic heterocycles. The van der Waals surface area contributed by atoms with Gasteiger partial charge in [0.15, 0.2) is 5.82 Å². The second-order valence-corrected chi connectivity index (χ2v) is 8.01. The largest absolute Gasteiger partial charge is 0.350 e. The minimum Gasteiger partial charge on any atom is -0.350 e. The van der Waals surface area contributed by atoms with Crippen LogP contribution < -0.4 is 5.56 Å². The van der Waals surface area contributed by atoms with Crippen molar-refractivity contribution in [3.8, 4) is 10.7 Å². The minimum atomic E-state index is 0.00760. The summed E-state index contributed by atoms with van der Waals surface area (Å²) in [7, 11) is 2.09. The molecule has 0 spiro atoms. The highest BCUT2D eigenvalue weighted by Crippen LogP contribution is 2.25. The van der Waals surface area contributed by atoms with Crippen molar-refractivity contribution in [2.45, 2.75) is 19.5 Å². The quantitative estimate of drug-likeness (QED) is 0.595. The van der Waals surface area contributed by atoms with Crippen LogP contribution in [-0.2, 0) is 26.6 Å². The first-order valence-electron chi connectivity index (χ1n) is 9.10. The molecule has 4 aromatic rings. The lowest BCUT2D eigenvalue weighted by Gasteiger charge is -2.27. The van der Waals surface area contributed by atoms with Gasteiger partial charge in [-0.25, -0.2) is 4.98 Å². The summed E-state index contributed by atoms with van der Waals surface area (Å²) >= 11 is 1.59. The first-order valence-corrected chi connectivity index (χ1v) is 9.98. The van der Waals surface area contributed by atoms with Gasteiger partial charge in [-0.3, -0.25) is 9.69 Å². The summed E-state index contributed by atoms with van der Waals surface area (Å²) in [5.74, 6) is 0.681. The van der Waals surface area contributed by atoms with E-state index in [1.807, 2.05) is 17.5 Å². The average Bonchev–Trinajstić information content (AvgIpc) is 3.31. The maximum atomic E-state index is 12.5. The van der Waals surface area contributed by atoms with Crippen molar-refractivity contribution in [3.05, 3.63) is 75.1 Å². The van der Waals surface area contributed by atoms with Gasteiger partial charge in [-0.1, -0.05) is 24.3 Å². The molecule has 3 aromatic heterocycles. The molecule has 0 unspecified atom stereocenters. The van der Waals surface area contributed by atoms with Gasteiger partial charge in [0.2, 0.25) is 0 Å². The van der Waals surface area contributed by atoms with Gasteiger partial charge in [0.25, 0.3) is 5.56 Å². The molecular weight excluding hydrogens is 356 g/mol. The summed E-state index contributed by atoms with van der Waals surface area (Å²) in [4.78, 5) is 23.6. The number of H-pyrrole nitrogens is 1. The average molecular weight is 376 g/mol. The molecule has 0 saturated carbocycles. The van der Waals surface area contributed by atoms with Crippen LogP contribution in [0.1, 0.15) is 16.8 Å². The number of fused-ring (bicyclic) bond motifs is 2. The van der Waals surface area contributed by atoms with E-state index in [0.717, 1.165) is 35.6 Å². The van der Waals surface area contributed by atoms with E-state index >= 15 is 0 Å². The smallest absolute Gasteiger partial charge is 0.254 e. The van der Waals surface area contributed by atoms with E-state index in [0.29, 0.717) is 12.4 Å². The molecule has 4 heterocycles. The summed E-state index contributed by atoms with van der Waals surface area (Å²) in [6, 6.07) is 12.5. The number of aromatic nitrogens is 3. The fourth-order valence-electron chi connectivity index (χ4n) is 3.95. The van der Waals surface area contributed by atoms with Crippen molar-refractivity contribution < 1.29 is 0 Å². The normalized spacial score (nSPS) is 14.6. The van der Waals surface area contributed by atoms with E-state index in [1.54, 1.807) is 11.3 Å². The third-order valence-electron chi connectivity index (χ3n) is 5.28. The fourth-order valence-corrected chi connectivity index (χ4v) is 4.62. The third-order valence-corrected chi connectivity index (χ3v) is 6.16. The second-order valence-electron chi connectivity index (χ2n) is 7.06. The van der Waals surface area contributed by atoms with Crippen molar-refractivity contribution in [1.82, 2.24) is 19.4 Å². The number of thiophene rings is 1. The molecule has 1 N–H and O–H groups in total. The van der Waals surface area contributed by atoms with Gasteiger partial charge in [0.05, 0.1) is 10.6 Å². The maximum absolute atomic E-state index is 12.5. The van der Waals surface area contributed by atoms with Gasteiger partial charge in [-0.2, -0.15) is 0 Å². The number of rotatable bonds is 3. The second kappa shape index (κ2) is 6.48. The van der Waals surface area contributed by atoms with E-state index in [4.69, 9.17) is 4.98 Å². The molecule has 0 fully saturated rings. The van der Waals surface area contributed by atoms with Gasteiger partial charge in [-0.05, 0) is 29.5 Å². The van der Waals surface area contributed by atoms with Gasteiger partial charge in [-0.15, -0.1) is 11.3 Å². The Bertz CT molecular complexity index is 1170. The number of hydrogen-bond donors (Lipinski definition) is 1. The van der Waals surface area contributed by atoms with Crippen LogP contribution in [0.4, 0.5) is 0 Å². The molecule has 1 aliphatic rings. The molecule has 1 aromatic carbocycles. The number of nitrogens with one attached hydrogen (secondary N) is 1. The zero-order chi connectivity index (χ0) is 18.4. The molecule has 0 saturated heterocycles. The predicted octanol–water partition coefficient (Wildman–Crippen LogP) is 3.55. The van der Waals surface area contributed by atoms with E-state index < -0.39 is 0 Å². The topological polar surface area (TPSA) is 53.9 Å². The van der Waals surface area contributed by atoms with Crippen LogP contribution in [0.3, 0.4) is 0 Å². The predicted molar refractivity (Wildman–Crippen MR) is 109 cm³/mol. The van der Waals surface area contributed by atoms with Crippen LogP contribution >= 0.6 is 11.3 Å². The lowest BCUT2D eigenvalue weighted by atomic mass is 10.1. The Morgan fingerprint density at radius 2 is 2.11 bits per heavy atom. The summed E-state index contributed by atoms with van der Waals surface area (Å²) in [5, 5.41) is 3.30. The zero-order valence-electron chi connectivity index (χ0n) is 15.1. The maximum Gasteiger partial charge on any atom is 0.254 e. The molecule has 136 valence electrons. The van der Waals surface area contributed by atoms with E-state index in [2.05, 4.69) is 52.0 Å². The molecule has 27 heavy (non-hydrogen) atoms. The summed E-state index contributed by atoms with van der Waals surface area (Å²) in [6.45, 7) is 2.45. The van der Waals surface area contributed by atoms with Gasteiger partial charge in [0.1, 0.15) is 0 Å². The Balaban J connectivity index is 1.46.